The third-order valence-electron chi connectivity index (χ3n) is 6.56. The number of nitrogens with zero attached hydrogens (tertiary/aromatic N) is 4. The van der Waals surface area contributed by atoms with Crippen molar-refractivity contribution >= 4 is 36.0 Å². The lowest BCUT2D eigenvalue weighted by atomic mass is 10.00. The van der Waals surface area contributed by atoms with E-state index in [1.165, 1.54) is 68.0 Å². The molecule has 238 valence electrons. The molecule has 0 radical (unpaired) electrons. The first kappa shape index (κ1) is 39.4. The van der Waals surface area contributed by atoms with Crippen molar-refractivity contribution in [3.63, 3.8) is 0 Å². The molecule has 0 fully saturated rings. The van der Waals surface area contributed by atoms with Crippen LogP contribution in [0, 0.1) is 0 Å². The van der Waals surface area contributed by atoms with Gasteiger partial charge in [-0.2, -0.15) is 0 Å². The van der Waals surface area contributed by atoms with Gasteiger partial charge in [0.15, 0.2) is 0 Å². The highest BCUT2D eigenvalue weighted by Crippen LogP contribution is 2.33. The molecule has 1 aliphatic carbocycles. The number of halogens is 2. The number of anilines is 1. The molecule has 1 aliphatic heterocycles. The second kappa shape index (κ2) is 22.0. The van der Waals surface area contributed by atoms with Crippen LogP contribution >= 0.6 is 0 Å². The van der Waals surface area contributed by atoms with Crippen LogP contribution in [0.15, 0.2) is 65.1 Å². The van der Waals surface area contributed by atoms with Crippen molar-refractivity contribution in [1.82, 2.24) is 14.9 Å². The minimum atomic E-state index is -2.92. The number of hydrogen-bond donors (Lipinski definition) is 1. The number of alkyl halides is 2. The number of rotatable bonds is 9. The van der Waals surface area contributed by atoms with E-state index in [0.717, 1.165) is 19.8 Å². The summed E-state index contributed by atoms with van der Waals surface area (Å²) in [4.78, 5) is 30.9. The van der Waals surface area contributed by atoms with Crippen molar-refractivity contribution < 1.29 is 18.4 Å². The summed E-state index contributed by atoms with van der Waals surface area (Å²) in [5, 5.41) is 3.84. The summed E-state index contributed by atoms with van der Waals surface area (Å²) in [5.41, 5.74) is 4.16. The van der Waals surface area contributed by atoms with Crippen LogP contribution in [0.1, 0.15) is 85.6 Å². The highest BCUT2D eigenvalue weighted by molar-refractivity contribution is 6.05. The quantitative estimate of drug-likeness (QED) is 0.312. The number of aromatic nitrogens is 2. The molecule has 0 bridgehead atoms. The van der Waals surface area contributed by atoms with Crippen molar-refractivity contribution in [2.24, 2.45) is 4.99 Å². The highest BCUT2D eigenvalue weighted by Gasteiger charge is 2.27. The lowest BCUT2D eigenvalue weighted by molar-refractivity contribution is -0.0987. The summed E-state index contributed by atoms with van der Waals surface area (Å²) in [6.45, 7) is 18.0. The fraction of sp³-hybridized carbons (Fsp3) is 0.500. The zero-order valence-corrected chi connectivity index (χ0v) is 27.1. The van der Waals surface area contributed by atoms with Crippen LogP contribution in [0.2, 0.25) is 0 Å². The van der Waals surface area contributed by atoms with Gasteiger partial charge in [0.05, 0.1) is 11.2 Å². The summed E-state index contributed by atoms with van der Waals surface area (Å²) < 4.78 is 27.1. The summed E-state index contributed by atoms with van der Waals surface area (Å²) in [5.74, 6) is -2.31. The van der Waals surface area contributed by atoms with Gasteiger partial charge < -0.3 is 19.8 Å². The van der Waals surface area contributed by atoms with Crippen LogP contribution in [0.4, 0.5) is 14.6 Å². The molecule has 0 unspecified atom stereocenters. The first-order valence-electron chi connectivity index (χ1n) is 14.8. The van der Waals surface area contributed by atoms with Gasteiger partial charge in [-0.3, -0.25) is 4.99 Å². The van der Waals surface area contributed by atoms with Crippen LogP contribution < -0.4 is 5.32 Å². The van der Waals surface area contributed by atoms with Gasteiger partial charge in [0.1, 0.15) is 25.7 Å². The fourth-order valence-corrected chi connectivity index (χ4v) is 4.32. The maximum Gasteiger partial charge on any atom is 0.272 e. The van der Waals surface area contributed by atoms with E-state index in [-0.39, 0.29) is 11.6 Å². The Bertz CT molecular complexity index is 1200. The van der Waals surface area contributed by atoms with E-state index >= 15 is 0 Å². The third-order valence-corrected chi connectivity index (χ3v) is 6.56. The minimum absolute atomic E-state index is 0.0698. The lowest BCUT2D eigenvalue weighted by Gasteiger charge is -2.16. The topological polar surface area (TPSA) is 87.5 Å². The number of carbonyl (C=O) groups excluding carboxylic acids is 2. The predicted octanol–water partition coefficient (Wildman–Crippen LogP) is 8.33. The molecule has 0 spiro atoms. The normalized spacial score (nSPS) is 14.2. The Hall–Kier alpha value is -3.59. The molecular formula is C34H51F2N5O2. The summed E-state index contributed by atoms with van der Waals surface area (Å²) in [6.07, 6.45) is 16.9. The molecule has 2 heterocycles. The molecule has 0 saturated carbocycles. The maximum atomic E-state index is 13.6. The van der Waals surface area contributed by atoms with Gasteiger partial charge in [-0.15, -0.1) is 0 Å². The van der Waals surface area contributed by atoms with E-state index in [0.29, 0.717) is 16.7 Å². The monoisotopic (exact) mass is 599 g/mol. The van der Waals surface area contributed by atoms with Crippen molar-refractivity contribution in [3.8, 4) is 0 Å². The lowest BCUT2D eigenvalue weighted by Crippen LogP contribution is -2.19. The average Bonchev–Trinajstić information content (AvgIpc) is 3.46. The molecule has 0 saturated heterocycles. The van der Waals surface area contributed by atoms with Gasteiger partial charge in [-0.25, -0.2) is 18.7 Å². The number of aliphatic imine (C=N–C) groups is 1. The maximum absolute atomic E-state index is 13.6. The Morgan fingerprint density at radius 2 is 1.70 bits per heavy atom. The Morgan fingerprint density at radius 3 is 2.19 bits per heavy atom. The molecule has 9 heteroatoms. The molecule has 2 aromatic rings. The number of para-hydroxylation sites is 1. The number of allylic oxidation sites excluding steroid dienone is 5. The Labute approximate surface area is 257 Å². The molecule has 1 aromatic heterocycles. The second-order valence-electron chi connectivity index (χ2n) is 10.4. The summed E-state index contributed by atoms with van der Waals surface area (Å²) >= 11 is 0. The van der Waals surface area contributed by atoms with E-state index in [2.05, 4.69) is 71.2 Å². The number of hydrogen-bond acceptors (Lipinski definition) is 7. The van der Waals surface area contributed by atoms with E-state index in [4.69, 9.17) is 9.59 Å². The zero-order chi connectivity index (χ0) is 32.8. The van der Waals surface area contributed by atoms with Gasteiger partial charge >= 0.3 is 0 Å². The van der Waals surface area contributed by atoms with Crippen molar-refractivity contribution in [2.75, 3.05) is 25.5 Å². The molecule has 1 atom stereocenters. The van der Waals surface area contributed by atoms with Gasteiger partial charge in [0, 0.05) is 36.5 Å². The second-order valence-corrected chi connectivity index (χ2v) is 10.4. The van der Waals surface area contributed by atoms with Crippen LogP contribution in [0.5, 0.6) is 0 Å². The predicted molar refractivity (Wildman–Crippen MR) is 177 cm³/mol. The summed E-state index contributed by atoms with van der Waals surface area (Å²) in [7, 11) is 2.17. The third kappa shape index (κ3) is 14.4. The Kier molecular flexibility index (Phi) is 20.2. The number of fused-ring (bicyclic) bond motifs is 1. The number of carbonyl (C=O) groups is 2. The van der Waals surface area contributed by atoms with Crippen molar-refractivity contribution in [1.29, 1.82) is 0 Å². The smallest absolute Gasteiger partial charge is 0.272 e. The summed E-state index contributed by atoms with van der Waals surface area (Å²) in [6, 6.07) is 5.00. The average molecular weight is 600 g/mol. The van der Waals surface area contributed by atoms with Gasteiger partial charge in [-0.05, 0) is 83.3 Å². The Balaban J connectivity index is 0.000000631. The minimum Gasteiger partial charge on any atom is -0.367 e. The first-order chi connectivity index (χ1) is 20.6. The van der Waals surface area contributed by atoms with E-state index < -0.39 is 5.92 Å². The molecule has 43 heavy (non-hydrogen) atoms. The Morgan fingerprint density at radius 1 is 1.05 bits per heavy atom. The molecule has 0 amide bonds. The SMILES string of the molecule is C=O.C=O.CC1=CN=C(C2=CCCC=C2)C1.CCCN(C)CCC.CC[C@H](C)Nc1ncnc2c(C(C)(F)F)cccc12. The highest BCUT2D eigenvalue weighted by atomic mass is 19.3. The fourth-order valence-electron chi connectivity index (χ4n) is 4.32. The molecule has 1 N–H and O–H groups in total. The number of nitrogens with one attached hydrogen (secondary N) is 1. The van der Waals surface area contributed by atoms with Gasteiger partial charge in [0.25, 0.3) is 5.92 Å². The van der Waals surface area contributed by atoms with Crippen molar-refractivity contribution in [3.05, 3.63) is 65.7 Å². The van der Waals surface area contributed by atoms with Crippen molar-refractivity contribution in [2.45, 2.75) is 92.0 Å². The van der Waals surface area contributed by atoms with E-state index in [1.54, 1.807) is 12.1 Å². The first-order valence-corrected chi connectivity index (χ1v) is 14.8. The molecule has 7 nitrogen and oxygen atoms in total. The van der Waals surface area contributed by atoms with E-state index in [1.807, 2.05) is 33.6 Å². The van der Waals surface area contributed by atoms with Crippen LogP contribution in [-0.2, 0) is 15.5 Å². The van der Waals surface area contributed by atoms with Gasteiger partial charge in [-0.1, -0.05) is 51.1 Å². The zero-order valence-electron chi connectivity index (χ0n) is 27.1. The standard InChI is InChI=1S/C14H17F2N3.C11H13N.C7H17N.2CH2O/c1-4-9(2)19-13-10-6-5-7-11(14(3,15)16)12(10)17-8-18-13;1-9-7-11(12-8-9)10-5-3-2-4-6-10;1-4-6-8(3)7-5-2;2*1-2/h5-9H,4H2,1-3H3,(H,17,18,19);3,5-6,8H,2,4,7H2,1H3;4-7H2,1-3H3;2*1H2/t9-;;;;/m0..../s1. The van der Waals surface area contributed by atoms with Crippen LogP contribution in [-0.4, -0.2) is 60.3 Å². The van der Waals surface area contributed by atoms with Gasteiger partial charge in [0.2, 0.25) is 0 Å². The molecule has 2 aliphatic rings. The molecule has 1 aromatic carbocycles. The van der Waals surface area contributed by atoms with Crippen LogP contribution in [0.3, 0.4) is 0 Å². The van der Waals surface area contributed by atoms with E-state index in [9.17, 15) is 8.78 Å². The largest absolute Gasteiger partial charge is 0.367 e. The van der Waals surface area contributed by atoms with Crippen LogP contribution in [0.25, 0.3) is 10.9 Å². The molecule has 4 rings (SSSR count). The molecular weight excluding hydrogens is 548 g/mol. The number of benzene rings is 1.